The zero-order valence-corrected chi connectivity index (χ0v) is 14.7. The van der Waals surface area contributed by atoms with E-state index in [4.69, 9.17) is 4.84 Å². The van der Waals surface area contributed by atoms with Crippen LogP contribution in [0.3, 0.4) is 0 Å². The molecule has 1 aromatic rings. The van der Waals surface area contributed by atoms with E-state index in [1.165, 1.54) is 10.5 Å². The molecule has 1 aromatic carbocycles. The number of amides is 2. The first-order chi connectivity index (χ1) is 12.0. The number of piperazine rings is 1. The average molecular weight is 345 g/mol. The number of rotatable bonds is 4. The third-order valence-corrected chi connectivity index (χ3v) is 4.73. The second kappa shape index (κ2) is 7.65. The van der Waals surface area contributed by atoms with Crippen molar-refractivity contribution in [3.63, 3.8) is 0 Å². The minimum atomic E-state index is -0.666. The van der Waals surface area contributed by atoms with Crippen LogP contribution in [0.25, 0.3) is 0 Å². The monoisotopic (exact) mass is 345 g/mol. The third kappa shape index (κ3) is 4.36. The summed E-state index contributed by atoms with van der Waals surface area (Å²) in [7, 11) is 2.12. The fourth-order valence-corrected chi connectivity index (χ4v) is 2.96. The van der Waals surface area contributed by atoms with Crippen LogP contribution in [0, 0.1) is 6.92 Å². The highest BCUT2D eigenvalue weighted by atomic mass is 16.6. The number of carbonyl (C=O) groups excluding carboxylic acids is 2. The van der Waals surface area contributed by atoms with E-state index in [0.717, 1.165) is 37.5 Å². The van der Waals surface area contributed by atoms with Crippen molar-refractivity contribution in [2.24, 2.45) is 5.16 Å². The molecule has 2 amide bonds. The molecule has 134 valence electrons. The summed E-state index contributed by atoms with van der Waals surface area (Å²) in [5, 5.41) is 6.70. The quantitative estimate of drug-likeness (QED) is 0.732. The van der Waals surface area contributed by atoms with Crippen LogP contribution >= 0.6 is 0 Å². The molecule has 3 rings (SSSR count). The van der Waals surface area contributed by atoms with Gasteiger partial charge in [0.1, 0.15) is 0 Å². The Kier molecular flexibility index (Phi) is 5.33. The van der Waals surface area contributed by atoms with Gasteiger partial charge in [0.25, 0.3) is 5.91 Å². The SMILES string of the molecule is Cc1ccc(C2=NO[C@@H](C(=O)NCC(=O)N3CC[NH+](C)CC3)C2)cc1. The number of nitrogens with zero attached hydrogens (tertiary/aromatic N) is 2. The van der Waals surface area contributed by atoms with Crippen molar-refractivity contribution in [2.45, 2.75) is 19.4 Å². The van der Waals surface area contributed by atoms with Gasteiger partial charge in [-0.1, -0.05) is 35.0 Å². The summed E-state index contributed by atoms with van der Waals surface area (Å²) in [6.07, 6.45) is -0.248. The zero-order valence-electron chi connectivity index (χ0n) is 14.7. The average Bonchev–Trinajstić information content (AvgIpc) is 3.11. The number of benzene rings is 1. The molecule has 0 unspecified atom stereocenters. The fraction of sp³-hybridized carbons (Fsp3) is 0.500. The van der Waals surface area contributed by atoms with E-state index in [9.17, 15) is 9.59 Å². The standard InChI is InChI=1S/C18H24N4O3/c1-13-3-5-14(6-4-13)15-11-16(25-20-15)18(24)19-12-17(23)22-9-7-21(2)8-10-22/h3-6,16H,7-12H2,1-2H3,(H,19,24)/p+1/t16-/m1/s1. The van der Waals surface area contributed by atoms with Gasteiger partial charge in [0.2, 0.25) is 12.0 Å². The Balaban J connectivity index is 1.45. The first kappa shape index (κ1) is 17.4. The molecule has 0 radical (unpaired) electrons. The van der Waals surface area contributed by atoms with Crippen molar-refractivity contribution in [3.8, 4) is 0 Å². The van der Waals surface area contributed by atoms with Gasteiger partial charge in [0, 0.05) is 6.42 Å². The van der Waals surface area contributed by atoms with Gasteiger partial charge < -0.3 is 20.0 Å². The largest absolute Gasteiger partial charge is 0.382 e. The lowest BCUT2D eigenvalue weighted by Crippen LogP contribution is -3.12. The van der Waals surface area contributed by atoms with Gasteiger partial charge in [-0.15, -0.1) is 0 Å². The van der Waals surface area contributed by atoms with E-state index in [2.05, 4.69) is 17.5 Å². The highest BCUT2D eigenvalue weighted by molar-refractivity contribution is 6.04. The number of carbonyl (C=O) groups is 2. The van der Waals surface area contributed by atoms with E-state index in [1.54, 1.807) is 4.90 Å². The molecule has 25 heavy (non-hydrogen) atoms. The zero-order chi connectivity index (χ0) is 17.8. The Hall–Kier alpha value is -2.41. The van der Waals surface area contributed by atoms with Crippen LogP contribution in [0.5, 0.6) is 0 Å². The van der Waals surface area contributed by atoms with E-state index in [1.807, 2.05) is 31.2 Å². The highest BCUT2D eigenvalue weighted by Crippen LogP contribution is 2.17. The van der Waals surface area contributed by atoms with E-state index in [-0.39, 0.29) is 18.4 Å². The Bertz CT molecular complexity index is 663. The summed E-state index contributed by atoms with van der Waals surface area (Å²) in [5.41, 5.74) is 2.88. The molecule has 0 saturated carbocycles. The van der Waals surface area contributed by atoms with Crippen molar-refractivity contribution in [1.29, 1.82) is 0 Å². The van der Waals surface area contributed by atoms with Gasteiger partial charge in [0.15, 0.2) is 0 Å². The van der Waals surface area contributed by atoms with Crippen LogP contribution in [-0.2, 0) is 14.4 Å². The summed E-state index contributed by atoms with van der Waals surface area (Å²) < 4.78 is 0. The number of aryl methyl sites for hydroxylation is 1. The van der Waals surface area contributed by atoms with Gasteiger partial charge in [-0.2, -0.15) is 0 Å². The highest BCUT2D eigenvalue weighted by Gasteiger charge is 2.29. The number of quaternary nitrogens is 1. The molecule has 2 aliphatic rings. The Morgan fingerprint density at radius 2 is 1.96 bits per heavy atom. The molecule has 2 heterocycles. The Morgan fingerprint density at radius 3 is 2.64 bits per heavy atom. The molecule has 2 N–H and O–H groups in total. The van der Waals surface area contributed by atoms with Crippen LogP contribution in [0.2, 0.25) is 0 Å². The first-order valence-corrected chi connectivity index (χ1v) is 8.69. The van der Waals surface area contributed by atoms with Gasteiger partial charge in [-0.05, 0) is 12.5 Å². The molecule has 0 bridgehead atoms. The topological polar surface area (TPSA) is 75.4 Å². The third-order valence-electron chi connectivity index (χ3n) is 4.73. The number of likely N-dealkylation sites (N-methyl/N-ethyl adjacent to an activating group) is 1. The summed E-state index contributed by atoms with van der Waals surface area (Å²) in [4.78, 5) is 32.9. The summed E-state index contributed by atoms with van der Waals surface area (Å²) in [6.45, 7) is 5.39. The molecule has 1 atom stereocenters. The molecule has 0 aliphatic carbocycles. The van der Waals surface area contributed by atoms with Crippen molar-refractivity contribution in [1.82, 2.24) is 10.2 Å². The normalized spacial score (nSPS) is 20.8. The summed E-state index contributed by atoms with van der Waals surface area (Å²) in [6, 6.07) is 7.94. The predicted octanol–water partition coefficient (Wildman–Crippen LogP) is -1.04. The van der Waals surface area contributed by atoms with Gasteiger partial charge >= 0.3 is 0 Å². The maximum absolute atomic E-state index is 12.2. The Morgan fingerprint density at radius 1 is 1.28 bits per heavy atom. The maximum atomic E-state index is 12.2. The molecule has 2 aliphatic heterocycles. The summed E-state index contributed by atoms with van der Waals surface area (Å²) >= 11 is 0. The van der Waals surface area contributed by atoms with E-state index in [0.29, 0.717) is 6.42 Å². The lowest BCUT2D eigenvalue weighted by molar-refractivity contribution is -0.883. The van der Waals surface area contributed by atoms with Gasteiger partial charge in [-0.3, -0.25) is 9.59 Å². The van der Waals surface area contributed by atoms with Crippen LogP contribution in [0.15, 0.2) is 29.4 Å². The Labute approximate surface area is 147 Å². The predicted molar refractivity (Wildman–Crippen MR) is 93.4 cm³/mol. The molecule has 1 saturated heterocycles. The summed E-state index contributed by atoms with van der Waals surface area (Å²) in [5.74, 6) is -0.336. The maximum Gasteiger partial charge on any atom is 0.264 e. The number of oxime groups is 1. The molecular weight excluding hydrogens is 320 g/mol. The molecule has 7 nitrogen and oxygen atoms in total. The van der Waals surface area contributed by atoms with Gasteiger partial charge in [-0.25, -0.2) is 0 Å². The number of hydrogen-bond acceptors (Lipinski definition) is 4. The fourth-order valence-electron chi connectivity index (χ4n) is 2.96. The molecule has 7 heteroatoms. The number of nitrogens with one attached hydrogen (secondary N) is 2. The minimum absolute atomic E-state index is 0.0115. The van der Waals surface area contributed by atoms with Crippen molar-refractivity contribution in [2.75, 3.05) is 39.8 Å². The van der Waals surface area contributed by atoms with Crippen LogP contribution in [0.4, 0.5) is 0 Å². The molecular formula is C18H25N4O3+. The van der Waals surface area contributed by atoms with Crippen LogP contribution in [-0.4, -0.2) is 68.3 Å². The second-order valence-corrected chi connectivity index (χ2v) is 6.76. The van der Waals surface area contributed by atoms with E-state index < -0.39 is 6.10 Å². The minimum Gasteiger partial charge on any atom is -0.382 e. The lowest BCUT2D eigenvalue weighted by atomic mass is 10.0. The van der Waals surface area contributed by atoms with E-state index >= 15 is 0 Å². The first-order valence-electron chi connectivity index (χ1n) is 8.69. The molecule has 0 aromatic heterocycles. The molecule has 1 fully saturated rings. The van der Waals surface area contributed by atoms with Crippen LogP contribution < -0.4 is 10.2 Å². The lowest BCUT2D eigenvalue weighted by Gasteiger charge is -2.30. The second-order valence-electron chi connectivity index (χ2n) is 6.76. The van der Waals surface area contributed by atoms with Gasteiger partial charge in [0.05, 0.1) is 45.5 Å². The number of hydrogen-bond donors (Lipinski definition) is 2. The van der Waals surface area contributed by atoms with Crippen molar-refractivity contribution < 1.29 is 19.3 Å². The van der Waals surface area contributed by atoms with Crippen molar-refractivity contribution >= 4 is 17.5 Å². The van der Waals surface area contributed by atoms with Crippen LogP contribution in [0.1, 0.15) is 17.5 Å². The molecule has 0 spiro atoms. The smallest absolute Gasteiger partial charge is 0.264 e. The van der Waals surface area contributed by atoms with Crippen molar-refractivity contribution in [3.05, 3.63) is 35.4 Å².